The van der Waals surface area contributed by atoms with Crippen LogP contribution in [-0.4, -0.2) is 50.3 Å². The summed E-state index contributed by atoms with van der Waals surface area (Å²) in [7, 11) is -3.45. The molecule has 0 bridgehead atoms. The first-order valence-corrected chi connectivity index (χ1v) is 7.85. The molecule has 0 aliphatic carbocycles. The minimum absolute atomic E-state index is 0.244. The fraction of sp³-hybridized carbons (Fsp3) is 0.357. The van der Waals surface area contributed by atoms with Crippen LogP contribution in [0.25, 0.3) is 0 Å². The second-order valence-electron chi connectivity index (χ2n) is 4.63. The van der Waals surface area contributed by atoms with Crippen LogP contribution >= 0.6 is 0 Å². The minimum atomic E-state index is -3.45. The highest BCUT2D eigenvalue weighted by Crippen LogP contribution is 2.18. The maximum absolute atomic E-state index is 12.5. The summed E-state index contributed by atoms with van der Waals surface area (Å²) in [5.41, 5.74) is 0.458. The molecule has 1 fully saturated rings. The summed E-state index contributed by atoms with van der Waals surface area (Å²) < 4.78 is 26.4. The van der Waals surface area contributed by atoms with Crippen LogP contribution in [0.2, 0.25) is 0 Å². The Balaban J connectivity index is 2.11. The summed E-state index contributed by atoms with van der Waals surface area (Å²) in [6.07, 6.45) is 1.82. The topological polar surface area (TPSA) is 64.4 Å². The fourth-order valence-corrected chi connectivity index (χ4v) is 3.61. The maximum atomic E-state index is 12.5. The first kappa shape index (κ1) is 14.7. The molecule has 1 aromatic carbocycles. The first-order chi connectivity index (χ1) is 9.57. The van der Waals surface area contributed by atoms with Gasteiger partial charge in [0, 0.05) is 32.7 Å². The largest absolute Gasteiger partial charge is 0.297 e. The molecule has 1 aliphatic rings. The summed E-state index contributed by atoms with van der Waals surface area (Å²) in [5.74, 6) is 0. The van der Waals surface area contributed by atoms with Crippen molar-refractivity contribution >= 4 is 10.0 Å². The van der Waals surface area contributed by atoms with E-state index in [4.69, 9.17) is 5.26 Å². The monoisotopic (exact) mass is 291 g/mol. The van der Waals surface area contributed by atoms with E-state index in [1.807, 2.05) is 12.1 Å². The molecule has 0 amide bonds. The zero-order chi connectivity index (χ0) is 14.6. The van der Waals surface area contributed by atoms with Crippen LogP contribution in [0.3, 0.4) is 0 Å². The van der Waals surface area contributed by atoms with E-state index in [1.54, 1.807) is 0 Å². The van der Waals surface area contributed by atoms with Gasteiger partial charge in [-0.15, -0.1) is 6.58 Å². The Labute approximate surface area is 119 Å². The third-order valence-corrected chi connectivity index (χ3v) is 5.25. The van der Waals surface area contributed by atoms with Crippen molar-refractivity contribution < 1.29 is 8.42 Å². The molecule has 0 saturated carbocycles. The lowest BCUT2D eigenvalue weighted by Crippen LogP contribution is -2.48. The number of nitrogens with zero attached hydrogens (tertiary/aromatic N) is 3. The average molecular weight is 291 g/mol. The summed E-state index contributed by atoms with van der Waals surface area (Å²) in [6.45, 7) is 6.85. The molecule has 0 radical (unpaired) electrons. The standard InChI is InChI=1S/C14H17N3O2S/c1-2-7-16-8-10-17(11-9-16)20(18,19)14-5-3-13(12-15)4-6-14/h2-6H,1,7-11H2. The van der Waals surface area contributed by atoms with Gasteiger partial charge in [0.2, 0.25) is 10.0 Å². The van der Waals surface area contributed by atoms with E-state index >= 15 is 0 Å². The molecule has 1 heterocycles. The number of sulfonamides is 1. The molecular weight excluding hydrogens is 274 g/mol. The van der Waals surface area contributed by atoms with Gasteiger partial charge < -0.3 is 0 Å². The third-order valence-electron chi connectivity index (χ3n) is 3.34. The van der Waals surface area contributed by atoms with Gasteiger partial charge in [0.25, 0.3) is 0 Å². The summed E-state index contributed by atoms with van der Waals surface area (Å²) in [5, 5.41) is 8.74. The van der Waals surface area contributed by atoms with Gasteiger partial charge >= 0.3 is 0 Å². The molecule has 5 nitrogen and oxygen atoms in total. The van der Waals surface area contributed by atoms with E-state index in [9.17, 15) is 8.42 Å². The van der Waals surface area contributed by atoms with E-state index in [0.717, 1.165) is 6.54 Å². The van der Waals surface area contributed by atoms with Crippen molar-refractivity contribution in [2.75, 3.05) is 32.7 Å². The lowest BCUT2D eigenvalue weighted by atomic mass is 10.2. The zero-order valence-electron chi connectivity index (χ0n) is 11.2. The van der Waals surface area contributed by atoms with Crippen molar-refractivity contribution in [1.29, 1.82) is 5.26 Å². The second-order valence-corrected chi connectivity index (χ2v) is 6.57. The lowest BCUT2D eigenvalue weighted by molar-refractivity contribution is 0.204. The van der Waals surface area contributed by atoms with E-state index in [0.29, 0.717) is 31.7 Å². The number of nitriles is 1. The van der Waals surface area contributed by atoms with Crippen molar-refractivity contribution in [3.05, 3.63) is 42.5 Å². The zero-order valence-corrected chi connectivity index (χ0v) is 12.0. The number of rotatable bonds is 4. The SMILES string of the molecule is C=CCN1CCN(S(=O)(=O)c2ccc(C#N)cc2)CC1. The van der Waals surface area contributed by atoms with E-state index in [1.165, 1.54) is 28.6 Å². The van der Waals surface area contributed by atoms with E-state index in [2.05, 4.69) is 11.5 Å². The van der Waals surface area contributed by atoms with E-state index in [-0.39, 0.29) is 4.90 Å². The van der Waals surface area contributed by atoms with Gasteiger partial charge in [0.15, 0.2) is 0 Å². The normalized spacial score (nSPS) is 17.6. The molecule has 0 spiro atoms. The molecule has 1 aliphatic heterocycles. The van der Waals surface area contributed by atoms with Crippen LogP contribution in [0.15, 0.2) is 41.8 Å². The third kappa shape index (κ3) is 3.07. The Morgan fingerprint density at radius 1 is 1.20 bits per heavy atom. The molecule has 0 atom stereocenters. The highest BCUT2D eigenvalue weighted by atomic mass is 32.2. The minimum Gasteiger partial charge on any atom is -0.297 e. The smallest absolute Gasteiger partial charge is 0.243 e. The van der Waals surface area contributed by atoms with Crippen molar-refractivity contribution in [2.45, 2.75) is 4.90 Å². The van der Waals surface area contributed by atoms with Crippen LogP contribution in [0.1, 0.15) is 5.56 Å². The van der Waals surface area contributed by atoms with Crippen LogP contribution in [0.4, 0.5) is 0 Å². The lowest BCUT2D eigenvalue weighted by Gasteiger charge is -2.33. The fourth-order valence-electron chi connectivity index (χ4n) is 2.19. The van der Waals surface area contributed by atoms with Gasteiger partial charge in [0.1, 0.15) is 0 Å². The molecule has 2 rings (SSSR count). The van der Waals surface area contributed by atoms with Gasteiger partial charge in [-0.2, -0.15) is 9.57 Å². The van der Waals surface area contributed by atoms with E-state index < -0.39 is 10.0 Å². The average Bonchev–Trinajstić information content (AvgIpc) is 2.48. The van der Waals surface area contributed by atoms with Gasteiger partial charge in [-0.25, -0.2) is 8.42 Å². The van der Waals surface area contributed by atoms with Crippen LogP contribution in [-0.2, 0) is 10.0 Å². The molecule has 6 heteroatoms. The number of benzene rings is 1. The number of piperazine rings is 1. The van der Waals surface area contributed by atoms with Crippen molar-refractivity contribution in [3.63, 3.8) is 0 Å². The number of hydrogen-bond acceptors (Lipinski definition) is 4. The molecule has 20 heavy (non-hydrogen) atoms. The summed E-state index contributed by atoms with van der Waals surface area (Å²) >= 11 is 0. The molecular formula is C14H17N3O2S. The predicted octanol–water partition coefficient (Wildman–Crippen LogP) is 1.05. The second kappa shape index (κ2) is 6.18. The van der Waals surface area contributed by atoms with Gasteiger partial charge in [0.05, 0.1) is 16.5 Å². The van der Waals surface area contributed by atoms with Gasteiger partial charge in [-0.3, -0.25) is 4.90 Å². The highest BCUT2D eigenvalue weighted by molar-refractivity contribution is 7.89. The van der Waals surface area contributed by atoms with Crippen LogP contribution < -0.4 is 0 Å². The Bertz CT molecular complexity index is 609. The number of hydrogen-bond donors (Lipinski definition) is 0. The summed E-state index contributed by atoms with van der Waals surface area (Å²) in [6, 6.07) is 8.02. The maximum Gasteiger partial charge on any atom is 0.243 e. The molecule has 1 saturated heterocycles. The van der Waals surface area contributed by atoms with Crippen molar-refractivity contribution in [2.24, 2.45) is 0 Å². The molecule has 106 valence electrons. The van der Waals surface area contributed by atoms with Crippen molar-refractivity contribution in [1.82, 2.24) is 9.21 Å². The highest BCUT2D eigenvalue weighted by Gasteiger charge is 2.27. The Morgan fingerprint density at radius 2 is 1.80 bits per heavy atom. The van der Waals surface area contributed by atoms with Gasteiger partial charge in [-0.05, 0) is 24.3 Å². The summed E-state index contributed by atoms with van der Waals surface area (Å²) in [4.78, 5) is 2.41. The molecule has 0 aromatic heterocycles. The Hall–Kier alpha value is -1.68. The van der Waals surface area contributed by atoms with Crippen LogP contribution in [0.5, 0.6) is 0 Å². The molecule has 0 unspecified atom stereocenters. The molecule has 1 aromatic rings. The Morgan fingerprint density at radius 3 is 2.30 bits per heavy atom. The predicted molar refractivity (Wildman–Crippen MR) is 76.6 cm³/mol. The Kier molecular flexibility index (Phi) is 4.55. The van der Waals surface area contributed by atoms with Crippen molar-refractivity contribution in [3.8, 4) is 6.07 Å². The van der Waals surface area contributed by atoms with Crippen LogP contribution in [0, 0.1) is 11.3 Å². The first-order valence-electron chi connectivity index (χ1n) is 6.41. The van der Waals surface area contributed by atoms with Gasteiger partial charge in [-0.1, -0.05) is 6.08 Å². The molecule has 0 N–H and O–H groups in total. The quantitative estimate of drug-likeness (QED) is 0.778.